The van der Waals surface area contributed by atoms with E-state index in [0.717, 1.165) is 31.2 Å². The number of nitrogens with one attached hydrogen (secondary N) is 2. The van der Waals surface area contributed by atoms with Gasteiger partial charge < -0.3 is 5.32 Å². The summed E-state index contributed by atoms with van der Waals surface area (Å²) in [6, 6.07) is 7.10. The van der Waals surface area contributed by atoms with E-state index < -0.39 is 5.54 Å². The van der Waals surface area contributed by atoms with Crippen molar-refractivity contribution in [2.75, 3.05) is 0 Å². The minimum Gasteiger partial charge on any atom is -0.348 e. The van der Waals surface area contributed by atoms with Crippen LogP contribution in [0.25, 0.3) is 0 Å². The van der Waals surface area contributed by atoms with Gasteiger partial charge in [-0.3, -0.25) is 19.8 Å². The molecule has 2 atom stereocenters. The second-order valence-electron chi connectivity index (χ2n) is 7.22. The maximum absolute atomic E-state index is 13.1. The Morgan fingerprint density at radius 1 is 1.35 bits per heavy atom. The van der Waals surface area contributed by atoms with Crippen molar-refractivity contribution in [3.63, 3.8) is 0 Å². The van der Waals surface area contributed by atoms with Gasteiger partial charge in [0.2, 0.25) is 11.8 Å². The normalized spacial score (nSPS) is 25.0. The van der Waals surface area contributed by atoms with E-state index >= 15 is 0 Å². The van der Waals surface area contributed by atoms with E-state index in [-0.39, 0.29) is 23.6 Å². The molecule has 0 aromatic heterocycles. The summed E-state index contributed by atoms with van der Waals surface area (Å²) in [5.74, 6) is -0.215. The number of carbonyl (C=O) groups is 3. The van der Waals surface area contributed by atoms with E-state index in [1.807, 2.05) is 12.1 Å². The molecular weight excluding hydrogens is 330 g/mol. The number of hydrogen-bond donors (Lipinski definition) is 2. The molecule has 1 aromatic carbocycles. The van der Waals surface area contributed by atoms with Gasteiger partial charge in [0, 0.05) is 12.1 Å². The second-order valence-corrected chi connectivity index (χ2v) is 7.22. The van der Waals surface area contributed by atoms with E-state index in [9.17, 15) is 14.4 Å². The first-order valence-corrected chi connectivity index (χ1v) is 9.09. The Labute approximate surface area is 153 Å². The topological polar surface area (TPSA) is 78.5 Å². The van der Waals surface area contributed by atoms with Crippen LogP contribution in [0, 0.1) is 5.92 Å². The van der Waals surface area contributed by atoms with Gasteiger partial charge in [0.1, 0.15) is 0 Å². The van der Waals surface area contributed by atoms with Crippen LogP contribution < -0.4 is 10.7 Å². The second kappa shape index (κ2) is 7.32. The highest BCUT2D eigenvalue weighted by Crippen LogP contribution is 2.43. The first kappa shape index (κ1) is 18.2. The first-order valence-electron chi connectivity index (χ1n) is 9.09. The maximum Gasteiger partial charge on any atom is 0.272 e. The van der Waals surface area contributed by atoms with Gasteiger partial charge in [-0.25, -0.2) is 5.01 Å². The van der Waals surface area contributed by atoms with E-state index in [1.165, 1.54) is 6.08 Å². The molecule has 138 valence electrons. The first-order chi connectivity index (χ1) is 12.5. The van der Waals surface area contributed by atoms with Crippen molar-refractivity contribution in [2.45, 2.75) is 51.1 Å². The molecule has 2 unspecified atom stereocenters. The van der Waals surface area contributed by atoms with Crippen molar-refractivity contribution in [1.82, 2.24) is 15.8 Å². The molecule has 2 aliphatic rings. The standard InChI is InChI=1S/C20H25N3O3/c1-3-17(24)21-13-15-7-9-16(10-8-15)19(26)23-20(12-18(25)22-23)11-5-4-6-14(20)2/h3,7-10,14H,1,4-6,11-13H2,2H3,(H,21,24)(H,22,25). The van der Waals surface area contributed by atoms with E-state index in [1.54, 1.807) is 17.1 Å². The van der Waals surface area contributed by atoms with Crippen molar-refractivity contribution >= 4 is 17.7 Å². The average molecular weight is 355 g/mol. The van der Waals surface area contributed by atoms with Crippen molar-refractivity contribution in [1.29, 1.82) is 0 Å². The highest BCUT2D eigenvalue weighted by molar-refractivity contribution is 5.98. The van der Waals surface area contributed by atoms with E-state index in [2.05, 4.69) is 24.2 Å². The molecule has 1 aromatic rings. The highest BCUT2D eigenvalue weighted by Gasteiger charge is 2.52. The molecular formula is C20H25N3O3. The Balaban J connectivity index is 1.76. The molecule has 1 heterocycles. The molecule has 1 saturated carbocycles. The number of hydrogen-bond acceptors (Lipinski definition) is 3. The number of rotatable bonds is 4. The van der Waals surface area contributed by atoms with Crippen molar-refractivity contribution in [2.24, 2.45) is 5.92 Å². The average Bonchev–Trinajstić information content (AvgIpc) is 2.99. The van der Waals surface area contributed by atoms with Crippen LogP contribution in [-0.2, 0) is 16.1 Å². The smallest absolute Gasteiger partial charge is 0.272 e. The van der Waals surface area contributed by atoms with Crippen molar-refractivity contribution in [3.05, 3.63) is 48.0 Å². The molecule has 3 rings (SSSR count). The van der Waals surface area contributed by atoms with Crippen molar-refractivity contribution in [3.8, 4) is 0 Å². The van der Waals surface area contributed by atoms with Crippen LogP contribution in [0.2, 0.25) is 0 Å². The van der Waals surface area contributed by atoms with Gasteiger partial charge in [0.05, 0.1) is 12.0 Å². The Morgan fingerprint density at radius 2 is 2.08 bits per heavy atom. The Bertz CT molecular complexity index is 728. The van der Waals surface area contributed by atoms with E-state index in [4.69, 9.17) is 0 Å². The lowest BCUT2D eigenvalue weighted by Gasteiger charge is -2.44. The molecule has 0 bridgehead atoms. The SMILES string of the molecule is C=CC(=O)NCc1ccc(C(=O)N2NC(=O)CC23CCCCC3C)cc1. The van der Waals surface area contributed by atoms with Gasteiger partial charge in [-0.05, 0) is 42.5 Å². The zero-order valence-electron chi connectivity index (χ0n) is 15.1. The minimum absolute atomic E-state index is 0.0872. The zero-order chi connectivity index (χ0) is 18.7. The van der Waals surface area contributed by atoms with Crippen LogP contribution in [0.15, 0.2) is 36.9 Å². The molecule has 1 aliphatic heterocycles. The lowest BCUT2D eigenvalue weighted by molar-refractivity contribution is -0.120. The number of nitrogens with zero attached hydrogens (tertiary/aromatic N) is 1. The molecule has 1 spiro atoms. The molecule has 2 fully saturated rings. The molecule has 2 N–H and O–H groups in total. The van der Waals surface area contributed by atoms with Gasteiger partial charge in [0.15, 0.2) is 0 Å². The molecule has 3 amide bonds. The third-order valence-corrected chi connectivity index (χ3v) is 5.62. The fourth-order valence-corrected chi connectivity index (χ4v) is 4.03. The fourth-order valence-electron chi connectivity index (χ4n) is 4.03. The van der Waals surface area contributed by atoms with Gasteiger partial charge in [-0.2, -0.15) is 0 Å². The quantitative estimate of drug-likeness (QED) is 0.814. The molecule has 0 radical (unpaired) electrons. The predicted molar refractivity (Wildman–Crippen MR) is 97.8 cm³/mol. The maximum atomic E-state index is 13.1. The van der Waals surface area contributed by atoms with Gasteiger partial charge in [-0.15, -0.1) is 0 Å². The van der Waals surface area contributed by atoms with Crippen LogP contribution in [-0.4, -0.2) is 28.3 Å². The predicted octanol–water partition coefficient (Wildman–Crippen LogP) is 2.31. The molecule has 26 heavy (non-hydrogen) atoms. The molecule has 1 aliphatic carbocycles. The van der Waals surface area contributed by atoms with Crippen LogP contribution >= 0.6 is 0 Å². The van der Waals surface area contributed by atoms with E-state index in [0.29, 0.717) is 18.5 Å². The van der Waals surface area contributed by atoms with Crippen LogP contribution in [0.4, 0.5) is 0 Å². The summed E-state index contributed by atoms with van der Waals surface area (Å²) in [6.07, 6.45) is 5.66. The highest BCUT2D eigenvalue weighted by atomic mass is 16.2. The molecule has 6 heteroatoms. The van der Waals surface area contributed by atoms with Crippen LogP contribution in [0.3, 0.4) is 0 Å². The third-order valence-electron chi connectivity index (χ3n) is 5.62. The number of hydrazine groups is 1. The van der Waals surface area contributed by atoms with Gasteiger partial charge >= 0.3 is 0 Å². The molecule has 6 nitrogen and oxygen atoms in total. The summed E-state index contributed by atoms with van der Waals surface area (Å²) >= 11 is 0. The summed E-state index contributed by atoms with van der Waals surface area (Å²) in [7, 11) is 0. The van der Waals surface area contributed by atoms with Gasteiger partial charge in [0.25, 0.3) is 5.91 Å². The van der Waals surface area contributed by atoms with Crippen molar-refractivity contribution < 1.29 is 14.4 Å². The lowest BCUT2D eigenvalue weighted by Crippen LogP contribution is -2.56. The number of carbonyl (C=O) groups excluding carboxylic acids is 3. The summed E-state index contributed by atoms with van der Waals surface area (Å²) < 4.78 is 0. The number of benzene rings is 1. The van der Waals surface area contributed by atoms with Crippen LogP contribution in [0.5, 0.6) is 0 Å². The Morgan fingerprint density at radius 3 is 2.73 bits per heavy atom. The molecule has 1 saturated heterocycles. The minimum atomic E-state index is -0.414. The largest absolute Gasteiger partial charge is 0.348 e. The summed E-state index contributed by atoms with van der Waals surface area (Å²) in [6.45, 7) is 5.92. The summed E-state index contributed by atoms with van der Waals surface area (Å²) in [5.41, 5.74) is 3.79. The zero-order valence-corrected chi connectivity index (χ0v) is 15.1. The summed E-state index contributed by atoms with van der Waals surface area (Å²) in [4.78, 5) is 36.4. The Kier molecular flexibility index (Phi) is 5.11. The Hall–Kier alpha value is -2.63. The van der Waals surface area contributed by atoms with Crippen LogP contribution in [0.1, 0.15) is 54.9 Å². The fraction of sp³-hybridized carbons (Fsp3) is 0.450. The monoisotopic (exact) mass is 355 g/mol. The number of amides is 3. The lowest BCUT2D eigenvalue weighted by atomic mass is 9.72. The third kappa shape index (κ3) is 3.36. The van der Waals surface area contributed by atoms with Gasteiger partial charge in [-0.1, -0.05) is 38.5 Å². The summed E-state index contributed by atoms with van der Waals surface area (Å²) in [5, 5.41) is 4.28.